The molecular formula is C18H26N2. The van der Waals surface area contributed by atoms with Crippen molar-refractivity contribution < 1.29 is 0 Å². The number of piperidine rings is 1. The van der Waals surface area contributed by atoms with Crippen molar-refractivity contribution in [1.82, 2.24) is 4.90 Å². The van der Waals surface area contributed by atoms with Crippen LogP contribution in [0.1, 0.15) is 44.1 Å². The molecule has 2 fully saturated rings. The lowest BCUT2D eigenvalue weighted by atomic mass is 9.77. The first-order valence-corrected chi connectivity index (χ1v) is 8.49. The van der Waals surface area contributed by atoms with Crippen LogP contribution in [-0.2, 0) is 6.42 Å². The van der Waals surface area contributed by atoms with Crippen LogP contribution in [0.4, 0.5) is 5.69 Å². The molecule has 0 amide bonds. The summed E-state index contributed by atoms with van der Waals surface area (Å²) < 4.78 is 0. The molecule has 2 nitrogen and oxygen atoms in total. The molecule has 0 aromatic heterocycles. The largest absolute Gasteiger partial charge is 0.383 e. The molecule has 1 unspecified atom stereocenters. The van der Waals surface area contributed by atoms with Gasteiger partial charge in [0.1, 0.15) is 0 Å². The van der Waals surface area contributed by atoms with Gasteiger partial charge in [-0.3, -0.25) is 4.90 Å². The topological polar surface area (TPSA) is 15.3 Å². The van der Waals surface area contributed by atoms with Crippen molar-refractivity contribution in [3.8, 4) is 0 Å². The van der Waals surface area contributed by atoms with Gasteiger partial charge < -0.3 is 5.32 Å². The summed E-state index contributed by atoms with van der Waals surface area (Å²) in [5.74, 6) is 0.995. The molecule has 1 aromatic rings. The van der Waals surface area contributed by atoms with E-state index >= 15 is 0 Å². The molecule has 20 heavy (non-hydrogen) atoms. The van der Waals surface area contributed by atoms with E-state index in [0.29, 0.717) is 0 Å². The molecule has 1 aromatic carbocycles. The summed E-state index contributed by atoms with van der Waals surface area (Å²) in [5, 5.41) is 3.66. The summed E-state index contributed by atoms with van der Waals surface area (Å²) >= 11 is 0. The Labute approximate surface area is 122 Å². The predicted octanol–water partition coefficient (Wildman–Crippen LogP) is 3.68. The van der Waals surface area contributed by atoms with E-state index in [0.717, 1.165) is 24.5 Å². The zero-order chi connectivity index (χ0) is 13.4. The van der Waals surface area contributed by atoms with Crippen LogP contribution in [-0.4, -0.2) is 30.1 Å². The van der Waals surface area contributed by atoms with E-state index in [1.165, 1.54) is 62.7 Å². The van der Waals surface area contributed by atoms with Gasteiger partial charge in [-0.05, 0) is 56.2 Å². The first-order valence-electron chi connectivity index (χ1n) is 8.49. The number of nitrogens with one attached hydrogen (secondary N) is 1. The Morgan fingerprint density at radius 2 is 1.85 bits per heavy atom. The Hall–Kier alpha value is -1.02. The molecule has 0 radical (unpaired) electrons. The lowest BCUT2D eigenvalue weighted by Gasteiger charge is -2.48. The SMILES string of the molecule is c1ccc2c(c1)CC(N1CCC[C@H]3CCCC[C@H]31)CN2. The van der Waals surface area contributed by atoms with Gasteiger partial charge in [-0.15, -0.1) is 0 Å². The summed E-state index contributed by atoms with van der Waals surface area (Å²) in [4.78, 5) is 2.87. The first-order chi connectivity index (χ1) is 9.92. The lowest BCUT2D eigenvalue weighted by molar-refractivity contribution is 0.0288. The van der Waals surface area contributed by atoms with Crippen LogP contribution in [0.15, 0.2) is 24.3 Å². The second kappa shape index (κ2) is 5.40. The molecule has 108 valence electrons. The molecule has 1 N–H and O–H groups in total. The van der Waals surface area contributed by atoms with Crippen LogP contribution in [0.3, 0.4) is 0 Å². The van der Waals surface area contributed by atoms with Crippen molar-refractivity contribution in [2.75, 3.05) is 18.4 Å². The highest BCUT2D eigenvalue weighted by Gasteiger charge is 2.37. The van der Waals surface area contributed by atoms with E-state index in [1.807, 2.05) is 0 Å². The minimum atomic E-state index is 0.718. The Bertz CT molecular complexity index is 468. The van der Waals surface area contributed by atoms with E-state index < -0.39 is 0 Å². The number of likely N-dealkylation sites (tertiary alicyclic amines) is 1. The Kier molecular flexibility index (Phi) is 3.43. The van der Waals surface area contributed by atoms with Gasteiger partial charge in [-0.25, -0.2) is 0 Å². The summed E-state index contributed by atoms with van der Waals surface area (Å²) in [6.07, 6.45) is 10.00. The molecule has 2 aliphatic heterocycles. The fourth-order valence-electron chi connectivity index (χ4n) is 4.78. The van der Waals surface area contributed by atoms with Crippen molar-refractivity contribution in [3.05, 3.63) is 29.8 Å². The maximum Gasteiger partial charge on any atom is 0.0373 e. The number of hydrogen-bond donors (Lipinski definition) is 1. The minimum absolute atomic E-state index is 0.718. The zero-order valence-electron chi connectivity index (χ0n) is 12.4. The third-order valence-electron chi connectivity index (χ3n) is 5.76. The lowest BCUT2D eigenvalue weighted by Crippen LogP contribution is -2.55. The highest BCUT2D eigenvalue weighted by Crippen LogP contribution is 2.37. The second-order valence-corrected chi connectivity index (χ2v) is 6.89. The molecule has 2 heterocycles. The number of benzene rings is 1. The van der Waals surface area contributed by atoms with Gasteiger partial charge in [0.2, 0.25) is 0 Å². The van der Waals surface area contributed by atoms with E-state index in [2.05, 4.69) is 34.5 Å². The second-order valence-electron chi connectivity index (χ2n) is 6.89. The van der Waals surface area contributed by atoms with Gasteiger partial charge in [0.25, 0.3) is 0 Å². The van der Waals surface area contributed by atoms with E-state index in [1.54, 1.807) is 0 Å². The quantitative estimate of drug-likeness (QED) is 0.837. The number of fused-ring (bicyclic) bond motifs is 2. The van der Waals surface area contributed by atoms with Crippen LogP contribution >= 0.6 is 0 Å². The van der Waals surface area contributed by atoms with Crippen LogP contribution in [0.2, 0.25) is 0 Å². The first kappa shape index (κ1) is 12.7. The fourth-order valence-corrected chi connectivity index (χ4v) is 4.78. The van der Waals surface area contributed by atoms with Crippen molar-refractivity contribution in [2.24, 2.45) is 5.92 Å². The fraction of sp³-hybridized carbons (Fsp3) is 0.667. The molecule has 0 spiro atoms. The van der Waals surface area contributed by atoms with Gasteiger partial charge in [0, 0.05) is 24.3 Å². The molecule has 3 aliphatic rings. The van der Waals surface area contributed by atoms with E-state index in [4.69, 9.17) is 0 Å². The Morgan fingerprint density at radius 1 is 1.00 bits per heavy atom. The zero-order valence-corrected chi connectivity index (χ0v) is 12.4. The van der Waals surface area contributed by atoms with Gasteiger partial charge in [0.05, 0.1) is 0 Å². The van der Waals surface area contributed by atoms with Crippen LogP contribution < -0.4 is 5.32 Å². The number of anilines is 1. The maximum absolute atomic E-state index is 3.66. The summed E-state index contributed by atoms with van der Waals surface area (Å²) in [6.45, 7) is 2.47. The normalized spacial score (nSPS) is 33.9. The average Bonchev–Trinajstić information content (AvgIpc) is 2.54. The highest BCUT2D eigenvalue weighted by molar-refractivity contribution is 5.53. The van der Waals surface area contributed by atoms with Crippen molar-refractivity contribution in [3.63, 3.8) is 0 Å². The molecule has 3 atom stereocenters. The molecule has 1 saturated heterocycles. The van der Waals surface area contributed by atoms with Gasteiger partial charge in [-0.1, -0.05) is 31.0 Å². The number of nitrogens with zero attached hydrogens (tertiary/aromatic N) is 1. The van der Waals surface area contributed by atoms with Gasteiger partial charge in [0.15, 0.2) is 0 Å². The average molecular weight is 270 g/mol. The van der Waals surface area contributed by atoms with Gasteiger partial charge in [-0.2, -0.15) is 0 Å². The van der Waals surface area contributed by atoms with Crippen LogP contribution in [0, 0.1) is 5.92 Å². The van der Waals surface area contributed by atoms with Crippen LogP contribution in [0.25, 0.3) is 0 Å². The van der Waals surface area contributed by atoms with Crippen molar-refractivity contribution in [2.45, 2.75) is 57.0 Å². The minimum Gasteiger partial charge on any atom is -0.383 e. The number of rotatable bonds is 1. The molecule has 0 bridgehead atoms. The molecule has 1 aliphatic carbocycles. The van der Waals surface area contributed by atoms with E-state index in [-0.39, 0.29) is 0 Å². The standard InChI is InChI=1S/C18H26N2/c1-3-9-17-15(7-1)12-16(13-19-17)20-11-5-8-14-6-2-4-10-18(14)20/h1,3,7,9,14,16,18-19H,2,4-6,8,10-13H2/t14-,16?,18-/m1/s1. The van der Waals surface area contributed by atoms with E-state index in [9.17, 15) is 0 Å². The smallest absolute Gasteiger partial charge is 0.0373 e. The maximum atomic E-state index is 3.66. The molecule has 1 saturated carbocycles. The summed E-state index contributed by atoms with van der Waals surface area (Å²) in [6, 6.07) is 10.5. The van der Waals surface area contributed by atoms with Crippen molar-refractivity contribution in [1.29, 1.82) is 0 Å². The Morgan fingerprint density at radius 3 is 2.85 bits per heavy atom. The van der Waals surface area contributed by atoms with Gasteiger partial charge >= 0.3 is 0 Å². The number of hydrogen-bond acceptors (Lipinski definition) is 2. The van der Waals surface area contributed by atoms with Crippen molar-refractivity contribution >= 4 is 5.69 Å². The molecular weight excluding hydrogens is 244 g/mol. The predicted molar refractivity (Wildman–Crippen MR) is 84.1 cm³/mol. The highest BCUT2D eigenvalue weighted by atomic mass is 15.2. The molecule has 2 heteroatoms. The third kappa shape index (κ3) is 2.24. The summed E-state index contributed by atoms with van der Waals surface area (Å²) in [5.41, 5.74) is 2.88. The molecule has 4 rings (SSSR count). The Balaban J connectivity index is 1.53. The number of para-hydroxylation sites is 1. The third-order valence-corrected chi connectivity index (χ3v) is 5.76. The summed E-state index contributed by atoms with van der Waals surface area (Å²) in [7, 11) is 0. The van der Waals surface area contributed by atoms with Crippen LogP contribution in [0.5, 0.6) is 0 Å². The monoisotopic (exact) mass is 270 g/mol.